The molecule has 0 aliphatic heterocycles. The fraction of sp³-hybridized carbons (Fsp3) is 0.538. The van der Waals surface area contributed by atoms with Gasteiger partial charge in [0, 0.05) is 11.6 Å². The molecular formula is C13H21ClN2O. The van der Waals surface area contributed by atoms with Gasteiger partial charge in [-0.25, -0.2) is 0 Å². The third-order valence-corrected chi connectivity index (χ3v) is 2.57. The van der Waals surface area contributed by atoms with Crippen molar-refractivity contribution in [1.82, 2.24) is 10.6 Å². The van der Waals surface area contributed by atoms with Crippen LogP contribution in [0.1, 0.15) is 13.3 Å². The van der Waals surface area contributed by atoms with Crippen molar-refractivity contribution >= 4 is 11.6 Å². The van der Waals surface area contributed by atoms with E-state index in [1.807, 2.05) is 24.3 Å². The molecular weight excluding hydrogens is 236 g/mol. The van der Waals surface area contributed by atoms with Crippen molar-refractivity contribution < 1.29 is 4.74 Å². The van der Waals surface area contributed by atoms with E-state index in [1.54, 1.807) is 0 Å². The monoisotopic (exact) mass is 256 g/mol. The molecule has 3 nitrogen and oxygen atoms in total. The molecule has 1 aromatic rings. The molecule has 17 heavy (non-hydrogen) atoms. The number of nitrogens with one attached hydrogen (secondary N) is 2. The number of ether oxygens (including phenoxy) is 1. The van der Waals surface area contributed by atoms with Gasteiger partial charge in [-0.05, 0) is 50.3 Å². The molecule has 0 aliphatic carbocycles. The zero-order valence-corrected chi connectivity index (χ0v) is 11.1. The second-order valence-electron chi connectivity index (χ2n) is 3.76. The van der Waals surface area contributed by atoms with E-state index in [-0.39, 0.29) is 0 Å². The first-order valence-corrected chi connectivity index (χ1v) is 6.50. The van der Waals surface area contributed by atoms with Crippen LogP contribution in [-0.2, 0) is 0 Å². The van der Waals surface area contributed by atoms with Crippen LogP contribution in [0.25, 0.3) is 0 Å². The number of halogens is 1. The van der Waals surface area contributed by atoms with Gasteiger partial charge in [-0.2, -0.15) is 0 Å². The molecule has 0 aromatic heterocycles. The van der Waals surface area contributed by atoms with E-state index in [0.717, 1.165) is 43.4 Å². The molecule has 0 saturated carbocycles. The Morgan fingerprint density at radius 2 is 1.76 bits per heavy atom. The molecule has 0 saturated heterocycles. The summed E-state index contributed by atoms with van der Waals surface area (Å²) in [6, 6.07) is 7.43. The summed E-state index contributed by atoms with van der Waals surface area (Å²) in [7, 11) is 0. The van der Waals surface area contributed by atoms with Crippen LogP contribution in [0.4, 0.5) is 0 Å². The van der Waals surface area contributed by atoms with Crippen LogP contribution in [0.3, 0.4) is 0 Å². The summed E-state index contributed by atoms with van der Waals surface area (Å²) in [5.74, 6) is 0.865. The minimum absolute atomic E-state index is 0.683. The highest BCUT2D eigenvalue weighted by Gasteiger charge is 1.93. The molecule has 1 rings (SSSR count). The lowest BCUT2D eigenvalue weighted by Crippen LogP contribution is -2.25. The highest BCUT2D eigenvalue weighted by Crippen LogP contribution is 2.14. The summed E-state index contributed by atoms with van der Waals surface area (Å²) < 4.78 is 5.55. The Hall–Kier alpha value is -0.770. The molecule has 0 atom stereocenters. The first-order valence-electron chi connectivity index (χ1n) is 6.12. The highest BCUT2D eigenvalue weighted by molar-refractivity contribution is 6.30. The Morgan fingerprint density at radius 3 is 2.47 bits per heavy atom. The second kappa shape index (κ2) is 9.28. The summed E-state index contributed by atoms with van der Waals surface area (Å²) >= 11 is 5.78. The molecule has 0 aliphatic rings. The van der Waals surface area contributed by atoms with Gasteiger partial charge < -0.3 is 15.4 Å². The van der Waals surface area contributed by atoms with Crippen LogP contribution in [0.15, 0.2) is 24.3 Å². The zero-order chi connectivity index (χ0) is 12.3. The van der Waals surface area contributed by atoms with Crippen LogP contribution in [0.2, 0.25) is 5.02 Å². The molecule has 0 radical (unpaired) electrons. The molecule has 0 unspecified atom stereocenters. The molecule has 96 valence electrons. The van der Waals surface area contributed by atoms with E-state index in [2.05, 4.69) is 17.6 Å². The lowest BCUT2D eigenvalue weighted by Gasteiger charge is -2.07. The quantitative estimate of drug-likeness (QED) is 0.666. The van der Waals surface area contributed by atoms with Gasteiger partial charge in [0.15, 0.2) is 0 Å². The van der Waals surface area contributed by atoms with E-state index >= 15 is 0 Å². The highest BCUT2D eigenvalue weighted by atomic mass is 35.5. The zero-order valence-electron chi connectivity index (χ0n) is 10.3. The van der Waals surface area contributed by atoms with Crippen molar-refractivity contribution in [3.8, 4) is 5.75 Å². The van der Waals surface area contributed by atoms with Gasteiger partial charge in [-0.1, -0.05) is 18.5 Å². The standard InChI is InChI=1S/C13H21ClN2O/c1-2-15-8-3-9-16-10-11-17-13-6-4-12(14)5-7-13/h4-7,15-16H,2-3,8-11H2,1H3. The molecule has 0 amide bonds. The van der Waals surface area contributed by atoms with Crippen molar-refractivity contribution in [3.63, 3.8) is 0 Å². The topological polar surface area (TPSA) is 33.3 Å². The van der Waals surface area contributed by atoms with E-state index in [9.17, 15) is 0 Å². The number of benzene rings is 1. The summed E-state index contributed by atoms with van der Waals surface area (Å²) in [4.78, 5) is 0. The van der Waals surface area contributed by atoms with Crippen LogP contribution < -0.4 is 15.4 Å². The number of rotatable bonds is 9. The van der Waals surface area contributed by atoms with Gasteiger partial charge in [0.2, 0.25) is 0 Å². The predicted molar refractivity (Wildman–Crippen MR) is 73.0 cm³/mol. The van der Waals surface area contributed by atoms with Gasteiger partial charge in [0.1, 0.15) is 12.4 Å². The fourth-order valence-corrected chi connectivity index (χ4v) is 1.54. The van der Waals surface area contributed by atoms with Gasteiger partial charge >= 0.3 is 0 Å². The van der Waals surface area contributed by atoms with Crippen molar-refractivity contribution in [1.29, 1.82) is 0 Å². The summed E-state index contributed by atoms with van der Waals surface area (Å²) in [6.45, 7) is 6.81. The third-order valence-electron chi connectivity index (χ3n) is 2.32. The molecule has 2 N–H and O–H groups in total. The van der Waals surface area contributed by atoms with E-state index in [1.165, 1.54) is 0 Å². The lowest BCUT2D eigenvalue weighted by molar-refractivity contribution is 0.314. The SMILES string of the molecule is CCNCCCNCCOc1ccc(Cl)cc1. The van der Waals surface area contributed by atoms with Crippen LogP contribution >= 0.6 is 11.6 Å². The Balaban J connectivity index is 1.95. The molecule has 0 spiro atoms. The van der Waals surface area contributed by atoms with E-state index in [0.29, 0.717) is 6.61 Å². The molecule has 0 bridgehead atoms. The Kier molecular flexibility index (Phi) is 7.80. The Bertz CT molecular complexity index is 290. The van der Waals surface area contributed by atoms with E-state index < -0.39 is 0 Å². The lowest BCUT2D eigenvalue weighted by atomic mass is 10.3. The predicted octanol–water partition coefficient (Wildman–Crippen LogP) is 2.31. The smallest absolute Gasteiger partial charge is 0.119 e. The summed E-state index contributed by atoms with van der Waals surface area (Å²) in [5.41, 5.74) is 0. The minimum atomic E-state index is 0.683. The average Bonchev–Trinajstić information content (AvgIpc) is 2.35. The van der Waals surface area contributed by atoms with Crippen molar-refractivity contribution in [2.45, 2.75) is 13.3 Å². The van der Waals surface area contributed by atoms with Crippen molar-refractivity contribution in [3.05, 3.63) is 29.3 Å². The molecule has 4 heteroatoms. The number of hydrogen-bond donors (Lipinski definition) is 2. The largest absolute Gasteiger partial charge is 0.492 e. The minimum Gasteiger partial charge on any atom is -0.492 e. The second-order valence-corrected chi connectivity index (χ2v) is 4.20. The molecule has 0 fully saturated rings. The maximum atomic E-state index is 5.78. The molecule has 1 aromatic carbocycles. The maximum Gasteiger partial charge on any atom is 0.119 e. The Labute approximate surface area is 109 Å². The molecule has 0 heterocycles. The normalized spacial score (nSPS) is 10.5. The maximum absolute atomic E-state index is 5.78. The third kappa shape index (κ3) is 7.21. The van der Waals surface area contributed by atoms with Gasteiger partial charge in [0.25, 0.3) is 0 Å². The first-order chi connectivity index (χ1) is 8.33. The fourth-order valence-electron chi connectivity index (χ4n) is 1.41. The van der Waals surface area contributed by atoms with Crippen molar-refractivity contribution in [2.75, 3.05) is 32.8 Å². The Morgan fingerprint density at radius 1 is 1.06 bits per heavy atom. The van der Waals surface area contributed by atoms with Crippen LogP contribution in [0.5, 0.6) is 5.75 Å². The van der Waals surface area contributed by atoms with Gasteiger partial charge in [-0.3, -0.25) is 0 Å². The summed E-state index contributed by atoms with van der Waals surface area (Å²) in [5, 5.41) is 7.36. The average molecular weight is 257 g/mol. The van der Waals surface area contributed by atoms with Crippen molar-refractivity contribution in [2.24, 2.45) is 0 Å². The van der Waals surface area contributed by atoms with Gasteiger partial charge in [-0.15, -0.1) is 0 Å². The van der Waals surface area contributed by atoms with Gasteiger partial charge in [0.05, 0.1) is 0 Å². The summed E-state index contributed by atoms with van der Waals surface area (Å²) in [6.07, 6.45) is 1.15. The van der Waals surface area contributed by atoms with Crippen LogP contribution in [0, 0.1) is 0 Å². The van der Waals surface area contributed by atoms with Crippen LogP contribution in [-0.4, -0.2) is 32.8 Å². The number of hydrogen-bond acceptors (Lipinski definition) is 3. The van der Waals surface area contributed by atoms with E-state index in [4.69, 9.17) is 16.3 Å². The first kappa shape index (κ1) is 14.3.